The fourth-order valence-electron chi connectivity index (χ4n) is 1.47. The van der Waals surface area contributed by atoms with Crippen LogP contribution < -0.4 is 15.6 Å². The molecule has 6 heteroatoms. The van der Waals surface area contributed by atoms with Gasteiger partial charge in [-0.05, 0) is 6.42 Å². The highest BCUT2D eigenvalue weighted by Gasteiger charge is 2.24. The van der Waals surface area contributed by atoms with Gasteiger partial charge in [0.05, 0.1) is 0 Å². The molecule has 0 saturated carbocycles. The van der Waals surface area contributed by atoms with Crippen molar-refractivity contribution in [3.63, 3.8) is 0 Å². The van der Waals surface area contributed by atoms with Gasteiger partial charge in [0.25, 0.3) is 5.88 Å². The third-order valence-corrected chi connectivity index (χ3v) is 2.33. The summed E-state index contributed by atoms with van der Waals surface area (Å²) in [7, 11) is 0. The molecule has 1 aromatic heterocycles. The third-order valence-electron chi connectivity index (χ3n) is 2.33. The molecule has 0 unspecified atom stereocenters. The number of rotatable bonds is 5. The Morgan fingerprint density at radius 3 is 3.12 bits per heavy atom. The van der Waals surface area contributed by atoms with Crippen molar-refractivity contribution in [2.24, 2.45) is 0 Å². The number of hydrogen-bond donors (Lipinski definition) is 3. The van der Waals surface area contributed by atoms with Crippen molar-refractivity contribution in [3.05, 3.63) is 0 Å². The summed E-state index contributed by atoms with van der Waals surface area (Å²) < 4.78 is 0. The molecule has 0 aromatic carbocycles. The van der Waals surface area contributed by atoms with E-state index in [0.717, 1.165) is 13.0 Å². The van der Waals surface area contributed by atoms with Crippen molar-refractivity contribution in [2.45, 2.75) is 26.2 Å². The normalized spacial score (nSPS) is 12.3. The van der Waals surface area contributed by atoms with E-state index < -0.39 is 0 Å². The lowest BCUT2D eigenvalue weighted by molar-refractivity contribution is 0.456. The first-order valence-corrected chi connectivity index (χ1v) is 5.45. The number of aromatic nitrogens is 2. The van der Waals surface area contributed by atoms with Crippen molar-refractivity contribution < 1.29 is 5.11 Å². The Kier molecular flexibility index (Phi) is 3.19. The Labute approximate surface area is 93.8 Å². The number of nitrogens with one attached hydrogen (secondary N) is 2. The molecule has 1 radical (unpaired) electrons. The maximum absolute atomic E-state index is 9.58. The van der Waals surface area contributed by atoms with Crippen molar-refractivity contribution in [2.75, 3.05) is 17.2 Å². The number of hydrogen-bond acceptors (Lipinski definition) is 6. The summed E-state index contributed by atoms with van der Waals surface area (Å²) in [5.74, 6) is 0.833. The summed E-state index contributed by atoms with van der Waals surface area (Å²) in [5, 5.41) is 15.4. The molecule has 0 bridgehead atoms. The molecule has 1 aliphatic heterocycles. The van der Waals surface area contributed by atoms with Crippen LogP contribution >= 0.6 is 0 Å². The van der Waals surface area contributed by atoms with Gasteiger partial charge in [-0.2, -0.15) is 4.98 Å². The summed E-state index contributed by atoms with van der Waals surface area (Å²) in [6, 6.07) is 0. The smallest absolute Gasteiger partial charge is 0.345 e. The average Bonchev–Trinajstić information content (AvgIpc) is 2.73. The van der Waals surface area contributed by atoms with Gasteiger partial charge >= 0.3 is 11.8 Å². The first-order valence-electron chi connectivity index (χ1n) is 5.45. The molecule has 0 fully saturated rings. The maximum atomic E-state index is 9.58. The fourth-order valence-corrected chi connectivity index (χ4v) is 1.47. The topological polar surface area (TPSA) is 84.2 Å². The zero-order chi connectivity index (χ0) is 11.4. The van der Waals surface area contributed by atoms with Crippen molar-refractivity contribution in [3.8, 4) is 5.88 Å². The lowest BCUT2D eigenvalue weighted by Gasteiger charge is -2.02. The van der Waals surface area contributed by atoms with Gasteiger partial charge in [0, 0.05) is 6.54 Å². The zero-order valence-corrected chi connectivity index (χ0v) is 9.19. The van der Waals surface area contributed by atoms with Crippen molar-refractivity contribution in [1.29, 1.82) is 0 Å². The van der Waals surface area contributed by atoms with E-state index in [1.165, 1.54) is 19.2 Å². The Bertz CT molecular complexity index is 404. The van der Waals surface area contributed by atoms with Gasteiger partial charge in [-0.25, -0.2) is 0 Å². The van der Waals surface area contributed by atoms with Crippen LogP contribution in [0.2, 0.25) is 0 Å². The molecule has 2 rings (SSSR count). The molecular formula is C10H15N5O+. The molecule has 85 valence electrons. The molecule has 1 aromatic rings. The minimum absolute atomic E-state index is 0.0690. The summed E-state index contributed by atoms with van der Waals surface area (Å²) in [6.45, 7) is 2.96. The van der Waals surface area contributed by atoms with Gasteiger partial charge in [0.15, 0.2) is 0 Å². The first kappa shape index (κ1) is 10.7. The highest BCUT2D eigenvalue weighted by molar-refractivity contribution is 5.90. The van der Waals surface area contributed by atoms with E-state index in [1.54, 1.807) is 0 Å². The quantitative estimate of drug-likeness (QED) is 0.651. The predicted molar refractivity (Wildman–Crippen MR) is 63.2 cm³/mol. The molecule has 0 saturated heterocycles. The molecule has 0 amide bonds. The Morgan fingerprint density at radius 1 is 1.44 bits per heavy atom. The maximum Gasteiger partial charge on any atom is 0.345 e. The number of aliphatic imine (C=N–C) groups is 1. The molecule has 0 spiro atoms. The number of nitrogens with zero attached hydrogens (tertiary/aromatic N) is 3. The van der Waals surface area contributed by atoms with Crippen LogP contribution in [0.15, 0.2) is 0 Å². The monoisotopic (exact) mass is 221 g/mol. The Hall–Kier alpha value is -1.85. The van der Waals surface area contributed by atoms with Crippen LogP contribution in [0.4, 0.5) is 17.5 Å². The van der Waals surface area contributed by atoms with Gasteiger partial charge in [-0.3, -0.25) is 5.32 Å². The number of unbranched alkanes of at least 4 members (excludes halogenated alkanes) is 2. The minimum Gasteiger partial charge on any atom is -0.490 e. The van der Waals surface area contributed by atoms with Gasteiger partial charge in [-0.1, -0.05) is 29.7 Å². The highest BCUT2D eigenvalue weighted by Crippen LogP contribution is 2.30. The largest absolute Gasteiger partial charge is 0.490 e. The predicted octanol–water partition coefficient (Wildman–Crippen LogP) is 1.21. The highest BCUT2D eigenvalue weighted by atomic mass is 16.3. The SMILES string of the molecule is CCCCCNc1nc(O)c2c(n1)[N+]=CN2. The van der Waals surface area contributed by atoms with E-state index in [9.17, 15) is 5.11 Å². The van der Waals surface area contributed by atoms with E-state index >= 15 is 0 Å². The van der Waals surface area contributed by atoms with Crippen molar-refractivity contribution >= 4 is 23.8 Å². The third kappa shape index (κ3) is 2.21. The van der Waals surface area contributed by atoms with E-state index in [1.807, 2.05) is 0 Å². The Morgan fingerprint density at radius 2 is 2.31 bits per heavy atom. The van der Waals surface area contributed by atoms with Gasteiger partial charge < -0.3 is 10.4 Å². The second kappa shape index (κ2) is 4.78. The van der Waals surface area contributed by atoms with Crippen LogP contribution in [0.3, 0.4) is 0 Å². The summed E-state index contributed by atoms with van der Waals surface area (Å²) in [4.78, 5) is 12.1. The van der Waals surface area contributed by atoms with Gasteiger partial charge in [0.1, 0.15) is 0 Å². The number of fused-ring (bicyclic) bond motifs is 1. The molecule has 2 heterocycles. The van der Waals surface area contributed by atoms with Gasteiger partial charge in [-0.15, -0.1) is 0 Å². The molecule has 6 nitrogen and oxygen atoms in total. The minimum atomic E-state index is -0.0690. The average molecular weight is 221 g/mol. The van der Waals surface area contributed by atoms with Crippen LogP contribution in [0, 0.1) is 0 Å². The molecule has 16 heavy (non-hydrogen) atoms. The second-order valence-electron chi connectivity index (χ2n) is 3.61. The zero-order valence-electron chi connectivity index (χ0n) is 9.19. The van der Waals surface area contributed by atoms with Crippen molar-refractivity contribution in [1.82, 2.24) is 15.0 Å². The summed E-state index contributed by atoms with van der Waals surface area (Å²) in [5.41, 5.74) is 0.471. The van der Waals surface area contributed by atoms with Crippen LogP contribution in [-0.2, 0) is 0 Å². The number of aromatic hydroxyl groups is 1. The standard InChI is InChI=1S/C10H15N5O/c1-2-3-4-5-11-10-14-8-7(9(16)15-10)12-6-13-8/h6,12H,2-5H2,1H3,(H2,11,14,15,16)/q+1. The first-order chi connectivity index (χ1) is 7.81. The number of anilines is 2. The van der Waals surface area contributed by atoms with Crippen LogP contribution in [0.25, 0.3) is 0 Å². The van der Waals surface area contributed by atoms with Gasteiger partial charge in [0.2, 0.25) is 12.0 Å². The molecular weight excluding hydrogens is 206 g/mol. The van der Waals surface area contributed by atoms with E-state index in [-0.39, 0.29) is 5.88 Å². The fraction of sp³-hybridized carbons (Fsp3) is 0.500. The Balaban J connectivity index is 2.00. The summed E-state index contributed by atoms with van der Waals surface area (Å²) in [6.07, 6.45) is 4.90. The molecule has 0 aliphatic carbocycles. The lowest BCUT2D eigenvalue weighted by atomic mass is 10.2. The van der Waals surface area contributed by atoms with Crippen LogP contribution in [0.5, 0.6) is 5.88 Å². The molecule has 0 atom stereocenters. The van der Waals surface area contributed by atoms with E-state index in [4.69, 9.17) is 0 Å². The van der Waals surface area contributed by atoms with E-state index in [0.29, 0.717) is 17.5 Å². The second-order valence-corrected chi connectivity index (χ2v) is 3.61. The molecule has 3 N–H and O–H groups in total. The summed E-state index contributed by atoms with van der Waals surface area (Å²) >= 11 is 0. The lowest BCUT2D eigenvalue weighted by Crippen LogP contribution is -2.05. The van der Waals surface area contributed by atoms with Crippen LogP contribution in [0.1, 0.15) is 26.2 Å². The molecule has 1 aliphatic rings. The van der Waals surface area contributed by atoms with Crippen LogP contribution in [-0.4, -0.2) is 28.0 Å². The van der Waals surface area contributed by atoms with E-state index in [2.05, 4.69) is 32.5 Å².